The number of nitriles is 1. The Hall–Kier alpha value is -2.03. The number of hydrogen-bond acceptors (Lipinski definition) is 4. The lowest BCUT2D eigenvalue weighted by atomic mass is 10.1. The standard InChI is InChI=1S/C14H20N4O2/c1-9-10(2)18-12(6-11(7-15)16-18)8-17(9)13(19)20-14(3,4)5/h6,9-10H,8H2,1-5H3/t9-,10+/m1/s1. The predicted octanol–water partition coefficient (Wildman–Crippen LogP) is 2.45. The van der Waals surface area contributed by atoms with Crippen molar-refractivity contribution in [2.75, 3.05) is 0 Å². The quantitative estimate of drug-likeness (QED) is 0.729. The van der Waals surface area contributed by atoms with Crippen molar-refractivity contribution in [2.24, 2.45) is 0 Å². The fourth-order valence-electron chi connectivity index (χ4n) is 2.29. The molecule has 0 saturated carbocycles. The minimum atomic E-state index is -0.518. The van der Waals surface area contributed by atoms with E-state index in [9.17, 15) is 4.79 Å². The molecular weight excluding hydrogens is 256 g/mol. The van der Waals surface area contributed by atoms with Crippen molar-refractivity contribution in [1.29, 1.82) is 5.26 Å². The number of rotatable bonds is 0. The van der Waals surface area contributed by atoms with E-state index in [0.717, 1.165) is 5.69 Å². The first-order chi connectivity index (χ1) is 9.23. The molecule has 6 nitrogen and oxygen atoms in total. The van der Waals surface area contributed by atoms with Gasteiger partial charge >= 0.3 is 6.09 Å². The summed E-state index contributed by atoms with van der Waals surface area (Å²) in [4.78, 5) is 14.0. The van der Waals surface area contributed by atoms with E-state index in [-0.39, 0.29) is 18.2 Å². The Morgan fingerprint density at radius 1 is 1.45 bits per heavy atom. The molecule has 108 valence electrons. The third-order valence-corrected chi connectivity index (χ3v) is 3.46. The van der Waals surface area contributed by atoms with E-state index >= 15 is 0 Å². The fourth-order valence-corrected chi connectivity index (χ4v) is 2.29. The molecule has 1 aliphatic heterocycles. The van der Waals surface area contributed by atoms with Crippen LogP contribution in [0.5, 0.6) is 0 Å². The zero-order chi connectivity index (χ0) is 15.1. The molecular formula is C14H20N4O2. The van der Waals surface area contributed by atoms with E-state index in [1.165, 1.54) is 0 Å². The summed E-state index contributed by atoms with van der Waals surface area (Å²) >= 11 is 0. The normalized spacial score (nSPS) is 22.1. The number of aromatic nitrogens is 2. The van der Waals surface area contributed by atoms with E-state index in [1.54, 1.807) is 11.0 Å². The van der Waals surface area contributed by atoms with Crippen LogP contribution in [0, 0.1) is 11.3 Å². The molecule has 1 aliphatic rings. The topological polar surface area (TPSA) is 71.2 Å². The van der Waals surface area contributed by atoms with Gasteiger partial charge in [0.1, 0.15) is 11.7 Å². The van der Waals surface area contributed by atoms with Crippen LogP contribution in [0.2, 0.25) is 0 Å². The minimum absolute atomic E-state index is 0.00775. The molecule has 0 N–H and O–H groups in total. The molecule has 1 aromatic rings. The van der Waals surface area contributed by atoms with Crippen LogP contribution >= 0.6 is 0 Å². The van der Waals surface area contributed by atoms with Crippen molar-refractivity contribution < 1.29 is 9.53 Å². The lowest BCUT2D eigenvalue weighted by Gasteiger charge is -2.38. The van der Waals surface area contributed by atoms with Crippen LogP contribution in [0.25, 0.3) is 0 Å². The van der Waals surface area contributed by atoms with Crippen LogP contribution in [-0.4, -0.2) is 32.4 Å². The van der Waals surface area contributed by atoms with Gasteiger partial charge < -0.3 is 4.74 Å². The van der Waals surface area contributed by atoms with Crippen LogP contribution in [0.4, 0.5) is 4.79 Å². The second-order valence-electron chi connectivity index (χ2n) is 6.17. The molecule has 0 aliphatic carbocycles. The summed E-state index contributed by atoms with van der Waals surface area (Å²) in [6.07, 6.45) is -0.331. The zero-order valence-corrected chi connectivity index (χ0v) is 12.5. The lowest BCUT2D eigenvalue weighted by Crippen LogP contribution is -2.48. The van der Waals surface area contributed by atoms with Gasteiger partial charge in [-0.1, -0.05) is 0 Å². The number of fused-ring (bicyclic) bond motifs is 1. The molecule has 0 bridgehead atoms. The fraction of sp³-hybridized carbons (Fsp3) is 0.643. The first-order valence-corrected chi connectivity index (χ1v) is 6.71. The second-order valence-corrected chi connectivity index (χ2v) is 6.17. The Bertz CT molecular complexity index is 565. The Kier molecular flexibility index (Phi) is 3.46. The summed E-state index contributed by atoms with van der Waals surface area (Å²) in [5.41, 5.74) is 0.721. The van der Waals surface area contributed by atoms with Gasteiger partial charge in [0.15, 0.2) is 5.69 Å². The molecule has 2 atom stereocenters. The minimum Gasteiger partial charge on any atom is -0.444 e. The van der Waals surface area contributed by atoms with E-state index < -0.39 is 5.60 Å². The SMILES string of the molecule is C[C@@H]1[C@H](C)n2nc(C#N)cc2CN1C(=O)OC(C)(C)C. The summed E-state index contributed by atoms with van der Waals surface area (Å²) in [6, 6.07) is 3.73. The van der Waals surface area contributed by atoms with Gasteiger partial charge in [-0.25, -0.2) is 4.79 Å². The van der Waals surface area contributed by atoms with E-state index in [4.69, 9.17) is 10.00 Å². The van der Waals surface area contributed by atoms with Crippen LogP contribution in [-0.2, 0) is 11.3 Å². The molecule has 0 fully saturated rings. The highest BCUT2D eigenvalue weighted by Crippen LogP contribution is 2.28. The number of ether oxygens (including phenoxy) is 1. The predicted molar refractivity (Wildman–Crippen MR) is 72.9 cm³/mol. The molecule has 0 radical (unpaired) electrons. The Labute approximate surface area is 118 Å². The average Bonchev–Trinajstić information content (AvgIpc) is 2.74. The summed E-state index contributed by atoms with van der Waals surface area (Å²) in [6.45, 7) is 9.90. The molecule has 20 heavy (non-hydrogen) atoms. The van der Waals surface area contributed by atoms with Gasteiger partial charge in [0.25, 0.3) is 0 Å². The highest BCUT2D eigenvalue weighted by molar-refractivity contribution is 5.68. The summed E-state index contributed by atoms with van der Waals surface area (Å²) < 4.78 is 7.26. The second kappa shape index (κ2) is 4.82. The third-order valence-electron chi connectivity index (χ3n) is 3.46. The van der Waals surface area contributed by atoms with Crippen LogP contribution < -0.4 is 0 Å². The molecule has 1 aromatic heterocycles. The summed E-state index contributed by atoms with van der Waals surface area (Å²) in [5, 5.41) is 13.2. The summed E-state index contributed by atoms with van der Waals surface area (Å²) in [5.74, 6) is 0. The molecule has 0 aromatic carbocycles. The number of amides is 1. The molecule has 0 unspecified atom stereocenters. The Morgan fingerprint density at radius 2 is 2.10 bits per heavy atom. The van der Waals surface area contributed by atoms with E-state index in [1.807, 2.05) is 45.4 Å². The van der Waals surface area contributed by atoms with Gasteiger partial charge in [-0.05, 0) is 40.7 Å². The molecule has 2 heterocycles. The van der Waals surface area contributed by atoms with Crippen molar-refractivity contribution in [2.45, 2.75) is 58.8 Å². The molecule has 2 rings (SSSR count). The smallest absolute Gasteiger partial charge is 0.410 e. The highest BCUT2D eigenvalue weighted by Gasteiger charge is 2.35. The highest BCUT2D eigenvalue weighted by atomic mass is 16.6. The van der Waals surface area contributed by atoms with Crippen molar-refractivity contribution >= 4 is 6.09 Å². The molecule has 0 saturated heterocycles. The van der Waals surface area contributed by atoms with Gasteiger partial charge in [0.2, 0.25) is 0 Å². The maximum absolute atomic E-state index is 12.3. The van der Waals surface area contributed by atoms with Crippen LogP contribution in [0.3, 0.4) is 0 Å². The Balaban J connectivity index is 2.26. The van der Waals surface area contributed by atoms with Gasteiger partial charge in [-0.2, -0.15) is 10.4 Å². The van der Waals surface area contributed by atoms with Gasteiger partial charge in [-0.15, -0.1) is 0 Å². The maximum Gasteiger partial charge on any atom is 0.410 e. The van der Waals surface area contributed by atoms with Gasteiger partial charge in [-0.3, -0.25) is 9.58 Å². The van der Waals surface area contributed by atoms with Crippen molar-refractivity contribution in [3.63, 3.8) is 0 Å². The number of carbonyl (C=O) groups is 1. The summed E-state index contributed by atoms with van der Waals surface area (Å²) in [7, 11) is 0. The van der Waals surface area contributed by atoms with Crippen molar-refractivity contribution in [3.05, 3.63) is 17.5 Å². The third kappa shape index (κ3) is 2.62. The zero-order valence-electron chi connectivity index (χ0n) is 12.5. The van der Waals surface area contributed by atoms with Gasteiger partial charge in [0.05, 0.1) is 24.3 Å². The monoisotopic (exact) mass is 276 g/mol. The number of hydrogen-bond donors (Lipinski definition) is 0. The first kappa shape index (κ1) is 14.4. The van der Waals surface area contributed by atoms with E-state index in [0.29, 0.717) is 12.2 Å². The molecule has 1 amide bonds. The van der Waals surface area contributed by atoms with Crippen LogP contribution in [0.1, 0.15) is 52.0 Å². The van der Waals surface area contributed by atoms with Crippen molar-refractivity contribution in [3.8, 4) is 6.07 Å². The average molecular weight is 276 g/mol. The molecule has 0 spiro atoms. The largest absolute Gasteiger partial charge is 0.444 e. The maximum atomic E-state index is 12.3. The lowest BCUT2D eigenvalue weighted by molar-refractivity contribution is 0.00409. The number of carbonyl (C=O) groups excluding carboxylic acids is 1. The Morgan fingerprint density at radius 3 is 2.65 bits per heavy atom. The molecule has 6 heteroatoms. The van der Waals surface area contributed by atoms with Crippen LogP contribution in [0.15, 0.2) is 6.07 Å². The number of nitrogens with zero attached hydrogens (tertiary/aromatic N) is 4. The first-order valence-electron chi connectivity index (χ1n) is 6.71. The van der Waals surface area contributed by atoms with Gasteiger partial charge in [0, 0.05) is 0 Å². The van der Waals surface area contributed by atoms with Crippen molar-refractivity contribution in [1.82, 2.24) is 14.7 Å². The van der Waals surface area contributed by atoms with E-state index in [2.05, 4.69) is 5.10 Å².